The minimum absolute atomic E-state index is 0.0665. The van der Waals surface area contributed by atoms with E-state index in [1.165, 1.54) is 33.3 Å². The van der Waals surface area contributed by atoms with E-state index in [0.29, 0.717) is 17.0 Å². The van der Waals surface area contributed by atoms with Gasteiger partial charge in [0.25, 0.3) is 0 Å². The summed E-state index contributed by atoms with van der Waals surface area (Å²) in [4.78, 5) is 26.2. The largest absolute Gasteiger partial charge is 0.492 e. The summed E-state index contributed by atoms with van der Waals surface area (Å²) in [5.41, 5.74) is 4.38. The summed E-state index contributed by atoms with van der Waals surface area (Å²) < 4.78 is 22.5. The predicted molar refractivity (Wildman–Crippen MR) is 137 cm³/mol. The number of benzene rings is 1. The third-order valence-corrected chi connectivity index (χ3v) is 7.86. The van der Waals surface area contributed by atoms with E-state index < -0.39 is 17.2 Å². The monoisotopic (exact) mass is 494 g/mol. The molecule has 3 N–H and O–H groups in total. The van der Waals surface area contributed by atoms with E-state index in [1.807, 2.05) is 18.7 Å². The van der Waals surface area contributed by atoms with Gasteiger partial charge in [0, 0.05) is 32.0 Å². The SMILES string of the molecule is CC.CC#N.CCP1CCN(c2c(F)cc3c(=O)c(C(=O)O)cn(C4CC4)c3c2OC)C1.CN. The Labute approximate surface area is 201 Å². The standard InChI is InChI=1S/C19H22FN2O4P.C2H3N.C2H6.CH5N/c1-3-27-7-6-21(10-27)16-14(20)8-12-15(18(16)26-2)22(11-4-5-11)9-13(17(12)23)19(24)25;1-2-3;2*1-2/h8-9,11H,3-7,10H2,1-2H3,(H,24,25);1H3;1-2H3;2H2,1H3. The molecule has 2 aromatic rings. The fourth-order valence-electron chi connectivity index (χ4n) is 3.81. The maximum atomic E-state index is 15.1. The number of carboxylic acids is 1. The first-order chi connectivity index (χ1) is 16.4. The van der Waals surface area contributed by atoms with Gasteiger partial charge in [0.2, 0.25) is 5.43 Å². The van der Waals surface area contributed by atoms with Crippen molar-refractivity contribution < 1.29 is 19.0 Å². The molecular weight excluding hydrogens is 458 g/mol. The molecule has 2 fully saturated rings. The third-order valence-electron chi connectivity index (χ3n) is 5.39. The number of hydrogen-bond acceptors (Lipinski definition) is 6. The molecule has 1 atom stereocenters. The number of rotatable bonds is 5. The lowest BCUT2D eigenvalue weighted by molar-refractivity contribution is 0.0694. The molecule has 188 valence electrons. The lowest BCUT2D eigenvalue weighted by Crippen LogP contribution is -2.23. The molecular formula is C24H36FN4O4P. The summed E-state index contributed by atoms with van der Waals surface area (Å²) in [6.45, 7) is 8.35. The molecule has 1 aliphatic heterocycles. The number of carboxylic acid groups (broad SMARTS) is 1. The van der Waals surface area contributed by atoms with Crippen molar-refractivity contribution in [3.63, 3.8) is 0 Å². The number of hydrogen-bond donors (Lipinski definition) is 2. The Bertz CT molecular complexity index is 1080. The van der Waals surface area contributed by atoms with Crippen LogP contribution in [0.1, 0.15) is 56.9 Å². The topological polar surface area (TPSA) is 122 Å². The Kier molecular flexibility index (Phi) is 12.0. The van der Waals surface area contributed by atoms with Crippen LogP contribution in [0.25, 0.3) is 10.9 Å². The molecule has 8 nitrogen and oxygen atoms in total. The van der Waals surface area contributed by atoms with E-state index in [2.05, 4.69) is 12.7 Å². The first-order valence-corrected chi connectivity index (χ1v) is 13.3. The van der Waals surface area contributed by atoms with Crippen LogP contribution in [0.3, 0.4) is 0 Å². The van der Waals surface area contributed by atoms with Crippen molar-refractivity contribution in [1.29, 1.82) is 5.26 Å². The zero-order valence-electron chi connectivity index (χ0n) is 20.9. The highest BCUT2D eigenvalue weighted by molar-refractivity contribution is 7.58. The van der Waals surface area contributed by atoms with Gasteiger partial charge in [0.15, 0.2) is 11.6 Å². The molecule has 0 bridgehead atoms. The lowest BCUT2D eigenvalue weighted by Gasteiger charge is -2.24. The van der Waals surface area contributed by atoms with Crippen LogP contribution in [-0.2, 0) is 0 Å². The second kappa shape index (κ2) is 13.9. The molecule has 2 aliphatic rings. The maximum Gasteiger partial charge on any atom is 0.341 e. The predicted octanol–water partition coefficient (Wildman–Crippen LogP) is 4.59. The fourth-order valence-corrected chi connectivity index (χ4v) is 5.76. The average molecular weight is 495 g/mol. The van der Waals surface area contributed by atoms with Gasteiger partial charge in [0.05, 0.1) is 24.1 Å². The number of nitriles is 1. The molecule has 1 unspecified atom stereocenters. The summed E-state index contributed by atoms with van der Waals surface area (Å²) >= 11 is 0. The number of pyridine rings is 1. The Hall–Kier alpha value is -2.69. The highest BCUT2D eigenvalue weighted by Crippen LogP contribution is 2.48. The summed E-state index contributed by atoms with van der Waals surface area (Å²) in [6, 6.07) is 3.05. The van der Waals surface area contributed by atoms with Gasteiger partial charge in [-0.05, 0) is 38.3 Å². The number of carbonyl (C=O) groups is 1. The van der Waals surface area contributed by atoms with E-state index >= 15 is 4.39 Å². The molecule has 1 saturated carbocycles. The number of ether oxygens (including phenoxy) is 1. The van der Waals surface area contributed by atoms with E-state index in [9.17, 15) is 14.7 Å². The second-order valence-electron chi connectivity index (χ2n) is 7.29. The van der Waals surface area contributed by atoms with Crippen LogP contribution in [0, 0.1) is 17.1 Å². The van der Waals surface area contributed by atoms with Crippen LogP contribution in [-0.4, -0.2) is 55.0 Å². The Morgan fingerprint density at radius 1 is 1.38 bits per heavy atom. The number of aromatic carboxylic acids is 1. The van der Waals surface area contributed by atoms with Gasteiger partial charge < -0.3 is 25.0 Å². The molecule has 34 heavy (non-hydrogen) atoms. The van der Waals surface area contributed by atoms with Crippen molar-refractivity contribution in [3.05, 3.63) is 33.9 Å². The van der Waals surface area contributed by atoms with Gasteiger partial charge in [-0.1, -0.05) is 28.7 Å². The van der Waals surface area contributed by atoms with Crippen LogP contribution in [0.2, 0.25) is 0 Å². The summed E-state index contributed by atoms with van der Waals surface area (Å²) in [5, 5.41) is 16.8. The van der Waals surface area contributed by atoms with E-state index in [-0.39, 0.29) is 24.9 Å². The molecule has 10 heteroatoms. The molecule has 1 aromatic heterocycles. The smallest absolute Gasteiger partial charge is 0.341 e. The molecule has 0 radical (unpaired) electrons. The average Bonchev–Trinajstić information content (AvgIpc) is 3.58. The normalized spacial score (nSPS) is 16.2. The van der Waals surface area contributed by atoms with E-state index in [4.69, 9.17) is 10.00 Å². The molecule has 0 amide bonds. The first kappa shape index (κ1) is 29.3. The van der Waals surface area contributed by atoms with Gasteiger partial charge in [-0.2, -0.15) is 5.26 Å². The fraction of sp³-hybridized carbons (Fsp3) is 0.542. The van der Waals surface area contributed by atoms with Crippen molar-refractivity contribution in [1.82, 2.24) is 4.57 Å². The Balaban J connectivity index is 0.000000750. The number of nitrogens with two attached hydrogens (primary N) is 1. The number of aromatic nitrogens is 1. The van der Waals surface area contributed by atoms with Crippen molar-refractivity contribution in [2.24, 2.45) is 5.73 Å². The number of nitrogens with zero attached hydrogens (tertiary/aromatic N) is 3. The molecule has 4 rings (SSSR count). The zero-order valence-corrected chi connectivity index (χ0v) is 21.8. The number of halogens is 1. The van der Waals surface area contributed by atoms with Gasteiger partial charge in [0.1, 0.15) is 11.3 Å². The van der Waals surface area contributed by atoms with Crippen LogP contribution in [0.15, 0.2) is 17.1 Å². The maximum absolute atomic E-state index is 15.1. The second-order valence-corrected chi connectivity index (χ2v) is 10.00. The molecule has 0 spiro atoms. The van der Waals surface area contributed by atoms with E-state index in [0.717, 1.165) is 38.0 Å². The van der Waals surface area contributed by atoms with Crippen molar-refractivity contribution in [3.8, 4) is 11.8 Å². The number of anilines is 1. The van der Waals surface area contributed by atoms with Crippen LogP contribution >= 0.6 is 7.92 Å². The third kappa shape index (κ3) is 6.25. The molecule has 1 aliphatic carbocycles. The van der Waals surface area contributed by atoms with Crippen molar-refractivity contribution in [2.75, 3.05) is 44.2 Å². The molecule has 2 heterocycles. The van der Waals surface area contributed by atoms with Crippen molar-refractivity contribution >= 4 is 30.5 Å². The summed E-state index contributed by atoms with van der Waals surface area (Å²) in [6.07, 6.45) is 6.15. The summed E-state index contributed by atoms with van der Waals surface area (Å²) in [7, 11) is 2.83. The highest BCUT2D eigenvalue weighted by atomic mass is 31.1. The quantitative estimate of drug-likeness (QED) is 0.583. The Morgan fingerprint density at radius 2 is 1.97 bits per heavy atom. The number of fused-ring (bicyclic) bond motifs is 1. The van der Waals surface area contributed by atoms with Gasteiger partial charge in [-0.3, -0.25) is 4.79 Å². The Morgan fingerprint density at radius 3 is 2.41 bits per heavy atom. The highest BCUT2D eigenvalue weighted by Gasteiger charge is 2.32. The molecule has 1 saturated heterocycles. The van der Waals surface area contributed by atoms with Crippen LogP contribution in [0.5, 0.6) is 5.75 Å². The molecule has 1 aromatic carbocycles. The summed E-state index contributed by atoms with van der Waals surface area (Å²) in [5.74, 6) is -1.50. The first-order valence-electron chi connectivity index (χ1n) is 11.4. The minimum Gasteiger partial charge on any atom is -0.492 e. The van der Waals surface area contributed by atoms with E-state index in [1.54, 1.807) is 10.6 Å². The van der Waals surface area contributed by atoms with Gasteiger partial charge in [-0.15, -0.1) is 0 Å². The zero-order chi connectivity index (χ0) is 26.0. The lowest BCUT2D eigenvalue weighted by atomic mass is 10.1. The van der Waals surface area contributed by atoms with Crippen LogP contribution < -0.4 is 20.8 Å². The van der Waals surface area contributed by atoms with Crippen molar-refractivity contribution in [2.45, 2.75) is 46.6 Å². The minimum atomic E-state index is -1.30. The van der Waals surface area contributed by atoms with Crippen LogP contribution in [0.4, 0.5) is 10.1 Å². The van der Waals surface area contributed by atoms with Gasteiger partial charge >= 0.3 is 5.97 Å². The number of methoxy groups -OCH3 is 1. The van der Waals surface area contributed by atoms with Gasteiger partial charge in [-0.25, -0.2) is 9.18 Å².